The van der Waals surface area contributed by atoms with Gasteiger partial charge in [0.1, 0.15) is 0 Å². The number of rotatable bonds is 6. The highest BCUT2D eigenvalue weighted by Crippen LogP contribution is 2.33. The van der Waals surface area contributed by atoms with Crippen LogP contribution in [0.15, 0.2) is 10.6 Å². The van der Waals surface area contributed by atoms with Gasteiger partial charge >= 0.3 is 0 Å². The predicted octanol–water partition coefficient (Wildman–Crippen LogP) is 2.50. The Morgan fingerprint density at radius 1 is 1.26 bits per heavy atom. The Labute approximate surface area is 136 Å². The van der Waals surface area contributed by atoms with Crippen molar-refractivity contribution in [3.63, 3.8) is 0 Å². The van der Waals surface area contributed by atoms with Crippen LogP contribution in [0.5, 0.6) is 0 Å². The van der Waals surface area contributed by atoms with Gasteiger partial charge in [-0.15, -0.1) is 0 Å². The number of carbonyl (C=O) groups is 2. The summed E-state index contributed by atoms with van der Waals surface area (Å²) in [4.78, 5) is 26.5. The van der Waals surface area contributed by atoms with Gasteiger partial charge < -0.3 is 14.7 Å². The molecule has 1 aromatic heterocycles. The second-order valence-corrected chi connectivity index (χ2v) is 6.57. The van der Waals surface area contributed by atoms with Crippen LogP contribution in [0.4, 0.5) is 0 Å². The lowest BCUT2D eigenvalue weighted by Crippen LogP contribution is -2.38. The molecule has 2 amide bonds. The standard InChI is InChI=1S/C17H25N3O3/c1-2-18-16(21)15-10-14(23-19-15)11-20(13-8-9-13)17(22)12-6-4-3-5-7-12/h10,12-13H,2-9,11H2,1H3,(H,18,21). The smallest absolute Gasteiger partial charge is 0.273 e. The Morgan fingerprint density at radius 2 is 2.00 bits per heavy atom. The quantitative estimate of drug-likeness (QED) is 0.874. The molecule has 0 aromatic carbocycles. The highest BCUT2D eigenvalue weighted by Gasteiger charge is 2.36. The summed E-state index contributed by atoms with van der Waals surface area (Å²) in [6.07, 6.45) is 7.68. The van der Waals surface area contributed by atoms with Gasteiger partial charge in [-0.05, 0) is 32.6 Å². The third-order valence-electron chi connectivity index (χ3n) is 4.68. The van der Waals surface area contributed by atoms with Gasteiger partial charge in [0, 0.05) is 24.6 Å². The summed E-state index contributed by atoms with van der Waals surface area (Å²) in [7, 11) is 0. The molecule has 2 fully saturated rings. The van der Waals surface area contributed by atoms with Gasteiger partial charge in [-0.1, -0.05) is 24.4 Å². The van der Waals surface area contributed by atoms with E-state index >= 15 is 0 Å². The third-order valence-corrected chi connectivity index (χ3v) is 4.68. The molecular formula is C17H25N3O3. The molecular weight excluding hydrogens is 294 g/mol. The monoisotopic (exact) mass is 319 g/mol. The molecule has 126 valence electrons. The lowest BCUT2D eigenvalue weighted by atomic mass is 9.88. The molecule has 6 heteroatoms. The topological polar surface area (TPSA) is 75.4 Å². The zero-order chi connectivity index (χ0) is 16.2. The van der Waals surface area contributed by atoms with E-state index in [-0.39, 0.29) is 23.4 Å². The zero-order valence-corrected chi connectivity index (χ0v) is 13.7. The van der Waals surface area contributed by atoms with E-state index in [2.05, 4.69) is 10.5 Å². The predicted molar refractivity (Wildman–Crippen MR) is 84.7 cm³/mol. The van der Waals surface area contributed by atoms with Crippen molar-refractivity contribution in [1.82, 2.24) is 15.4 Å². The Kier molecular flexibility index (Phi) is 4.98. The average molecular weight is 319 g/mol. The van der Waals surface area contributed by atoms with Crippen molar-refractivity contribution < 1.29 is 14.1 Å². The molecule has 1 N–H and O–H groups in total. The molecule has 23 heavy (non-hydrogen) atoms. The average Bonchev–Trinajstić information content (AvgIpc) is 3.31. The molecule has 3 rings (SSSR count). The minimum Gasteiger partial charge on any atom is -0.359 e. The van der Waals surface area contributed by atoms with E-state index in [1.54, 1.807) is 6.07 Å². The van der Waals surface area contributed by atoms with Crippen molar-refractivity contribution in [3.05, 3.63) is 17.5 Å². The number of amides is 2. The van der Waals surface area contributed by atoms with E-state index in [9.17, 15) is 9.59 Å². The number of carbonyl (C=O) groups excluding carboxylic acids is 2. The van der Waals surface area contributed by atoms with E-state index in [1.807, 2.05) is 11.8 Å². The fourth-order valence-electron chi connectivity index (χ4n) is 3.27. The first-order valence-corrected chi connectivity index (χ1v) is 8.73. The second-order valence-electron chi connectivity index (χ2n) is 6.57. The highest BCUT2D eigenvalue weighted by atomic mass is 16.5. The maximum atomic E-state index is 12.8. The summed E-state index contributed by atoms with van der Waals surface area (Å²) < 4.78 is 5.27. The fourth-order valence-corrected chi connectivity index (χ4v) is 3.27. The Bertz CT molecular complexity index is 559. The molecule has 0 radical (unpaired) electrons. The molecule has 2 aliphatic rings. The van der Waals surface area contributed by atoms with Crippen LogP contribution in [0.2, 0.25) is 0 Å². The lowest BCUT2D eigenvalue weighted by molar-refractivity contribution is -0.138. The summed E-state index contributed by atoms with van der Waals surface area (Å²) in [6.45, 7) is 2.83. The summed E-state index contributed by atoms with van der Waals surface area (Å²) in [5, 5.41) is 6.51. The molecule has 1 aromatic rings. The van der Waals surface area contributed by atoms with Crippen LogP contribution < -0.4 is 5.32 Å². The van der Waals surface area contributed by atoms with E-state index in [4.69, 9.17) is 4.52 Å². The number of aromatic nitrogens is 1. The van der Waals surface area contributed by atoms with Crippen LogP contribution in [0.3, 0.4) is 0 Å². The largest absolute Gasteiger partial charge is 0.359 e. The highest BCUT2D eigenvalue weighted by molar-refractivity contribution is 5.92. The number of hydrogen-bond acceptors (Lipinski definition) is 4. The number of hydrogen-bond donors (Lipinski definition) is 1. The van der Waals surface area contributed by atoms with Crippen molar-refractivity contribution >= 4 is 11.8 Å². The van der Waals surface area contributed by atoms with Crippen molar-refractivity contribution in [2.24, 2.45) is 5.92 Å². The molecule has 0 saturated heterocycles. The van der Waals surface area contributed by atoms with Crippen LogP contribution in [-0.2, 0) is 11.3 Å². The normalized spacial score (nSPS) is 18.7. The lowest BCUT2D eigenvalue weighted by Gasteiger charge is -2.28. The Hall–Kier alpha value is -1.85. The molecule has 2 aliphatic carbocycles. The van der Waals surface area contributed by atoms with Gasteiger partial charge in [-0.25, -0.2) is 0 Å². The van der Waals surface area contributed by atoms with E-state index in [1.165, 1.54) is 6.42 Å². The van der Waals surface area contributed by atoms with Crippen LogP contribution in [0, 0.1) is 5.92 Å². The molecule has 1 heterocycles. The SMILES string of the molecule is CCNC(=O)c1cc(CN(C(=O)C2CCCCC2)C2CC2)on1. The molecule has 0 atom stereocenters. The molecule has 0 aliphatic heterocycles. The van der Waals surface area contributed by atoms with E-state index < -0.39 is 0 Å². The van der Waals surface area contributed by atoms with Gasteiger partial charge in [-0.2, -0.15) is 0 Å². The minimum atomic E-state index is -0.237. The second kappa shape index (κ2) is 7.15. The Morgan fingerprint density at radius 3 is 2.65 bits per heavy atom. The molecule has 6 nitrogen and oxygen atoms in total. The summed E-state index contributed by atoms with van der Waals surface area (Å²) in [6, 6.07) is 1.98. The van der Waals surface area contributed by atoms with E-state index in [0.717, 1.165) is 38.5 Å². The van der Waals surface area contributed by atoms with Gasteiger partial charge in [-0.3, -0.25) is 9.59 Å². The van der Waals surface area contributed by atoms with Crippen molar-refractivity contribution in [1.29, 1.82) is 0 Å². The van der Waals surface area contributed by atoms with Crippen LogP contribution in [-0.4, -0.2) is 34.5 Å². The molecule has 0 bridgehead atoms. The summed E-state index contributed by atoms with van der Waals surface area (Å²) in [5.41, 5.74) is 0.280. The molecule has 0 unspecified atom stereocenters. The van der Waals surface area contributed by atoms with Gasteiger partial charge in [0.25, 0.3) is 5.91 Å². The fraction of sp³-hybridized carbons (Fsp3) is 0.706. The molecule has 0 spiro atoms. The summed E-state index contributed by atoms with van der Waals surface area (Å²) >= 11 is 0. The molecule has 2 saturated carbocycles. The first-order valence-electron chi connectivity index (χ1n) is 8.73. The number of nitrogens with zero attached hydrogens (tertiary/aromatic N) is 2. The zero-order valence-electron chi connectivity index (χ0n) is 13.7. The maximum Gasteiger partial charge on any atom is 0.273 e. The van der Waals surface area contributed by atoms with Gasteiger partial charge in [0.2, 0.25) is 5.91 Å². The van der Waals surface area contributed by atoms with Crippen molar-refractivity contribution in [2.45, 2.75) is 64.5 Å². The van der Waals surface area contributed by atoms with Crippen LogP contribution >= 0.6 is 0 Å². The van der Waals surface area contributed by atoms with Crippen molar-refractivity contribution in [2.75, 3.05) is 6.54 Å². The van der Waals surface area contributed by atoms with Crippen molar-refractivity contribution in [3.8, 4) is 0 Å². The van der Waals surface area contributed by atoms with Crippen LogP contribution in [0.1, 0.15) is 68.1 Å². The minimum absolute atomic E-state index is 0.162. The van der Waals surface area contributed by atoms with Gasteiger partial charge in [0.05, 0.1) is 6.54 Å². The summed E-state index contributed by atoms with van der Waals surface area (Å²) in [5.74, 6) is 0.764. The maximum absolute atomic E-state index is 12.8. The van der Waals surface area contributed by atoms with Crippen LogP contribution in [0.25, 0.3) is 0 Å². The van der Waals surface area contributed by atoms with E-state index in [0.29, 0.717) is 24.9 Å². The van der Waals surface area contributed by atoms with Gasteiger partial charge in [0.15, 0.2) is 11.5 Å². The first-order chi connectivity index (χ1) is 11.2. The first kappa shape index (κ1) is 16.0. The third kappa shape index (κ3) is 3.92. The Balaban J connectivity index is 1.65. The number of nitrogens with one attached hydrogen (secondary N) is 1.